The van der Waals surface area contributed by atoms with E-state index in [1.165, 1.54) is 6.33 Å². The van der Waals surface area contributed by atoms with E-state index in [1.54, 1.807) is 37.4 Å². The van der Waals surface area contributed by atoms with Crippen LogP contribution >= 0.6 is 0 Å². The fourth-order valence-electron chi connectivity index (χ4n) is 4.60. The number of carboxylic acids is 2. The number of benzene rings is 2. The molecule has 4 aromatic rings. The molecule has 0 bridgehead atoms. The molecule has 1 aliphatic rings. The highest BCUT2D eigenvalue weighted by Crippen LogP contribution is 2.37. The lowest BCUT2D eigenvalue weighted by molar-refractivity contribution is -0.135. The minimum atomic E-state index is -0.833. The van der Waals surface area contributed by atoms with E-state index in [1.807, 2.05) is 30.7 Å². The van der Waals surface area contributed by atoms with Gasteiger partial charge in [0.2, 0.25) is 0 Å². The van der Waals surface area contributed by atoms with Crippen LogP contribution in [0.2, 0.25) is 0 Å². The molecule has 14 nitrogen and oxygen atoms in total. The zero-order valence-electron chi connectivity index (χ0n) is 25.9. The molecule has 6 N–H and O–H groups in total. The lowest BCUT2D eigenvalue weighted by atomic mass is 10.1. The molecule has 1 fully saturated rings. The summed E-state index contributed by atoms with van der Waals surface area (Å²) in [6.45, 7) is 7.94. The smallest absolute Gasteiger partial charge is 0.300 e. The highest BCUT2D eigenvalue weighted by molar-refractivity contribution is 6.05. The third-order valence-corrected chi connectivity index (χ3v) is 6.38. The number of ether oxygens (including phenoxy) is 2. The summed E-state index contributed by atoms with van der Waals surface area (Å²) in [5.74, 6) is -0.319. The first-order valence-corrected chi connectivity index (χ1v) is 14.3. The van der Waals surface area contributed by atoms with Crippen molar-refractivity contribution in [2.24, 2.45) is 0 Å². The van der Waals surface area contributed by atoms with Crippen LogP contribution in [-0.2, 0) is 9.59 Å². The molecule has 1 saturated heterocycles. The number of nitrogens with two attached hydrogens (primary N) is 1. The van der Waals surface area contributed by atoms with Gasteiger partial charge in [-0.15, -0.1) is 0 Å². The topological polar surface area (TPSA) is 204 Å². The van der Waals surface area contributed by atoms with E-state index >= 15 is 0 Å². The molecule has 2 aromatic heterocycles. The van der Waals surface area contributed by atoms with Gasteiger partial charge in [-0.05, 0) is 76.2 Å². The number of amides is 1. The van der Waals surface area contributed by atoms with Gasteiger partial charge in [0, 0.05) is 25.0 Å². The van der Waals surface area contributed by atoms with Gasteiger partial charge in [0.05, 0.1) is 30.3 Å². The number of nitrogen functional groups attached to an aromatic ring is 1. The fourth-order valence-corrected chi connectivity index (χ4v) is 4.60. The van der Waals surface area contributed by atoms with Crippen molar-refractivity contribution in [2.75, 3.05) is 31.2 Å². The highest BCUT2D eigenvalue weighted by Gasteiger charge is 2.24. The maximum absolute atomic E-state index is 12.9. The van der Waals surface area contributed by atoms with E-state index in [2.05, 4.69) is 20.6 Å². The maximum Gasteiger partial charge on any atom is 0.300 e. The van der Waals surface area contributed by atoms with Crippen molar-refractivity contribution in [1.82, 2.24) is 25.1 Å². The number of anilines is 2. The zero-order chi connectivity index (χ0) is 33.1. The summed E-state index contributed by atoms with van der Waals surface area (Å²) in [6, 6.07) is 12.8. The quantitative estimate of drug-likeness (QED) is 0.197. The summed E-state index contributed by atoms with van der Waals surface area (Å²) >= 11 is 0. The Balaban J connectivity index is 0.000000619. The van der Waals surface area contributed by atoms with E-state index in [0.717, 1.165) is 51.0 Å². The molecule has 1 aliphatic heterocycles. The second kappa shape index (κ2) is 16.0. The molecule has 0 atom stereocenters. The summed E-state index contributed by atoms with van der Waals surface area (Å²) in [5.41, 5.74) is 9.55. The van der Waals surface area contributed by atoms with Crippen molar-refractivity contribution in [3.05, 3.63) is 54.4 Å². The minimum absolute atomic E-state index is 0.0626. The van der Waals surface area contributed by atoms with Gasteiger partial charge >= 0.3 is 0 Å². The van der Waals surface area contributed by atoms with Crippen LogP contribution in [0.15, 0.2) is 48.8 Å². The van der Waals surface area contributed by atoms with Crippen molar-refractivity contribution < 1.29 is 34.1 Å². The standard InChI is InChI=1S/C27H31N7O3.2C2H4O2/c1-16(2)37-20-7-4-17(5-8-20)27(35)32-21-9-6-18(14-22(21)36-3)24-23-25(28)30-15-31-26(23)34(33-24)19-10-12-29-13-11-19;2*1-2(3)4/h4-9,14-16,19,29H,10-13H2,1-3H3,(H,32,35)(H2,28,30,31);2*1H3,(H,3,4). The summed E-state index contributed by atoms with van der Waals surface area (Å²) in [6.07, 6.45) is 3.45. The molecular formula is C31H39N7O7. The van der Waals surface area contributed by atoms with Crippen molar-refractivity contribution >= 4 is 40.4 Å². The number of carbonyl (C=O) groups excluding carboxylic acids is 1. The third-order valence-electron chi connectivity index (χ3n) is 6.38. The van der Waals surface area contributed by atoms with Crippen LogP contribution in [0.1, 0.15) is 56.9 Å². The van der Waals surface area contributed by atoms with E-state index in [4.69, 9.17) is 40.1 Å². The predicted molar refractivity (Wildman–Crippen MR) is 170 cm³/mol. The van der Waals surface area contributed by atoms with Crippen LogP contribution in [0.25, 0.3) is 22.3 Å². The predicted octanol–water partition coefficient (Wildman–Crippen LogP) is 4.23. The number of hydrogen-bond acceptors (Lipinski definition) is 10. The molecule has 1 amide bonds. The summed E-state index contributed by atoms with van der Waals surface area (Å²) < 4.78 is 13.3. The van der Waals surface area contributed by atoms with E-state index < -0.39 is 11.9 Å². The van der Waals surface area contributed by atoms with Crippen molar-refractivity contribution in [3.63, 3.8) is 0 Å². The van der Waals surface area contributed by atoms with Crippen LogP contribution in [0.5, 0.6) is 11.5 Å². The largest absolute Gasteiger partial charge is 0.495 e. The molecule has 5 rings (SSSR count). The third kappa shape index (κ3) is 9.63. The molecule has 45 heavy (non-hydrogen) atoms. The molecular weight excluding hydrogens is 582 g/mol. The minimum Gasteiger partial charge on any atom is -0.495 e. The van der Waals surface area contributed by atoms with Gasteiger partial charge in [0.25, 0.3) is 17.8 Å². The first-order valence-electron chi connectivity index (χ1n) is 14.3. The van der Waals surface area contributed by atoms with E-state index in [9.17, 15) is 4.79 Å². The lowest BCUT2D eigenvalue weighted by Gasteiger charge is -2.23. The number of carbonyl (C=O) groups is 3. The second-order valence-electron chi connectivity index (χ2n) is 10.3. The number of carboxylic acid groups (broad SMARTS) is 2. The van der Waals surface area contributed by atoms with E-state index in [-0.39, 0.29) is 18.1 Å². The summed E-state index contributed by atoms with van der Waals surface area (Å²) in [4.78, 5) is 39.6. The van der Waals surface area contributed by atoms with Crippen LogP contribution < -0.4 is 25.8 Å². The SMILES string of the molecule is CC(=O)O.CC(=O)O.COc1cc(-c2nn(C3CCNCC3)c3ncnc(N)c23)ccc1NC(=O)c1ccc(OC(C)C)cc1. The first-order chi connectivity index (χ1) is 21.4. The number of nitrogens with one attached hydrogen (secondary N) is 2. The van der Waals surface area contributed by atoms with Gasteiger partial charge in [0.1, 0.15) is 29.3 Å². The van der Waals surface area contributed by atoms with Gasteiger partial charge < -0.3 is 36.1 Å². The Hall–Kier alpha value is -5.24. The Kier molecular flexibility index (Phi) is 12.2. The Labute approximate surface area is 260 Å². The number of nitrogens with zero attached hydrogens (tertiary/aromatic N) is 4. The van der Waals surface area contributed by atoms with Gasteiger partial charge in [-0.25, -0.2) is 14.6 Å². The Bertz CT molecular complexity index is 1590. The van der Waals surface area contributed by atoms with Crippen LogP contribution in [-0.4, -0.2) is 74.1 Å². The van der Waals surface area contributed by atoms with Crippen molar-refractivity contribution in [1.29, 1.82) is 0 Å². The molecule has 14 heteroatoms. The molecule has 0 aliphatic carbocycles. The molecule has 240 valence electrons. The van der Waals surface area contributed by atoms with Crippen molar-refractivity contribution in [2.45, 2.75) is 52.7 Å². The second-order valence-corrected chi connectivity index (χ2v) is 10.3. The molecule has 0 unspecified atom stereocenters. The summed E-state index contributed by atoms with van der Waals surface area (Å²) in [7, 11) is 1.57. The number of aliphatic carboxylic acids is 2. The van der Waals surface area contributed by atoms with Crippen molar-refractivity contribution in [3.8, 4) is 22.8 Å². The number of aromatic nitrogens is 4. The molecule has 3 heterocycles. The average molecular weight is 622 g/mol. The first kappa shape index (κ1) is 34.3. The molecule has 0 spiro atoms. The maximum atomic E-state index is 12.9. The van der Waals surface area contributed by atoms with Gasteiger partial charge in [0.15, 0.2) is 5.65 Å². The zero-order valence-corrected chi connectivity index (χ0v) is 25.9. The van der Waals surface area contributed by atoms with Gasteiger partial charge in [-0.2, -0.15) is 5.10 Å². The van der Waals surface area contributed by atoms with Crippen LogP contribution in [0.4, 0.5) is 11.5 Å². The monoisotopic (exact) mass is 621 g/mol. The lowest BCUT2D eigenvalue weighted by Crippen LogP contribution is -2.30. The summed E-state index contributed by atoms with van der Waals surface area (Å²) in [5, 5.41) is 26.8. The Morgan fingerprint density at radius 1 is 1.02 bits per heavy atom. The number of fused-ring (bicyclic) bond motifs is 1. The number of rotatable bonds is 7. The Morgan fingerprint density at radius 3 is 2.22 bits per heavy atom. The number of hydrogen-bond donors (Lipinski definition) is 5. The highest BCUT2D eigenvalue weighted by atomic mass is 16.5. The molecule has 2 aromatic carbocycles. The fraction of sp³-hybridized carbons (Fsp3) is 0.355. The van der Waals surface area contributed by atoms with Crippen LogP contribution in [0, 0.1) is 0 Å². The molecule has 0 radical (unpaired) electrons. The number of methoxy groups -OCH3 is 1. The van der Waals surface area contributed by atoms with Gasteiger partial charge in [-0.3, -0.25) is 14.4 Å². The number of piperidine rings is 1. The molecule has 0 saturated carbocycles. The Morgan fingerprint density at radius 2 is 1.64 bits per heavy atom. The van der Waals surface area contributed by atoms with E-state index in [0.29, 0.717) is 39.6 Å². The van der Waals surface area contributed by atoms with Gasteiger partial charge in [-0.1, -0.05) is 6.07 Å². The average Bonchev–Trinajstić information content (AvgIpc) is 3.38. The van der Waals surface area contributed by atoms with Crippen LogP contribution in [0.3, 0.4) is 0 Å². The normalized spacial score (nSPS) is 12.8.